The Balaban J connectivity index is 1.56. The minimum absolute atomic E-state index is 0.434. The molecule has 0 aromatic heterocycles. The van der Waals surface area contributed by atoms with Crippen molar-refractivity contribution in [2.75, 3.05) is 13.7 Å². The molecule has 5 nitrogen and oxygen atoms in total. The van der Waals surface area contributed by atoms with Gasteiger partial charge in [-0.25, -0.2) is 0 Å². The highest BCUT2D eigenvalue weighted by atomic mass is 32.2. The molecule has 0 saturated heterocycles. The zero-order valence-electron chi connectivity index (χ0n) is 14.8. The normalized spacial score (nSPS) is 14.6. The van der Waals surface area contributed by atoms with E-state index in [9.17, 15) is 0 Å². The molecule has 136 valence electrons. The lowest BCUT2D eigenvalue weighted by molar-refractivity contribution is 0.280. The van der Waals surface area contributed by atoms with Crippen molar-refractivity contribution in [3.63, 3.8) is 0 Å². The fourth-order valence-corrected chi connectivity index (χ4v) is 2.90. The fraction of sp³-hybridized carbons (Fsp3) is 0.300. The largest absolute Gasteiger partial charge is 0.493 e. The van der Waals surface area contributed by atoms with E-state index >= 15 is 0 Å². The number of nitrogens with two attached hydrogens (primary N) is 1. The second kappa shape index (κ2) is 9.29. The van der Waals surface area contributed by atoms with Crippen LogP contribution in [-0.4, -0.2) is 25.1 Å². The van der Waals surface area contributed by atoms with Gasteiger partial charge in [0.05, 0.1) is 19.9 Å². The van der Waals surface area contributed by atoms with Crippen LogP contribution in [0.2, 0.25) is 0 Å². The molecule has 1 aliphatic carbocycles. The zero-order chi connectivity index (χ0) is 18.2. The van der Waals surface area contributed by atoms with Crippen LogP contribution in [0.15, 0.2) is 58.7 Å². The molecule has 2 aromatic rings. The van der Waals surface area contributed by atoms with Crippen LogP contribution in [0, 0.1) is 5.92 Å². The average molecular weight is 369 g/mol. The lowest BCUT2D eigenvalue weighted by atomic mass is 10.2. The van der Waals surface area contributed by atoms with Crippen molar-refractivity contribution in [3.8, 4) is 11.5 Å². The summed E-state index contributed by atoms with van der Waals surface area (Å²) in [6, 6.07) is 15.8. The van der Waals surface area contributed by atoms with Crippen LogP contribution >= 0.6 is 11.8 Å². The van der Waals surface area contributed by atoms with Crippen LogP contribution in [0.25, 0.3) is 0 Å². The summed E-state index contributed by atoms with van der Waals surface area (Å²) in [4.78, 5) is 0. The van der Waals surface area contributed by atoms with Crippen LogP contribution in [-0.2, 0) is 5.75 Å². The fourth-order valence-electron chi connectivity index (χ4n) is 2.29. The lowest BCUT2D eigenvalue weighted by Crippen LogP contribution is -2.06. The Labute approximate surface area is 158 Å². The van der Waals surface area contributed by atoms with E-state index < -0.39 is 0 Å². The van der Waals surface area contributed by atoms with Crippen molar-refractivity contribution in [1.29, 1.82) is 0 Å². The Morgan fingerprint density at radius 2 is 2.00 bits per heavy atom. The maximum atomic E-state index is 5.90. The molecule has 1 saturated carbocycles. The van der Waals surface area contributed by atoms with Gasteiger partial charge >= 0.3 is 0 Å². The first-order valence-corrected chi connectivity index (χ1v) is 9.57. The smallest absolute Gasteiger partial charge is 0.180 e. The molecule has 0 amide bonds. The topological polar surface area (TPSA) is 69.2 Å². The van der Waals surface area contributed by atoms with Gasteiger partial charge in [0.25, 0.3) is 0 Å². The molecule has 1 fully saturated rings. The summed E-state index contributed by atoms with van der Waals surface area (Å²) in [5, 5.41) is 8.56. The van der Waals surface area contributed by atoms with E-state index in [2.05, 4.69) is 22.3 Å². The maximum absolute atomic E-state index is 5.90. The highest BCUT2D eigenvalue weighted by Crippen LogP contribution is 2.33. The van der Waals surface area contributed by atoms with Crippen molar-refractivity contribution in [1.82, 2.24) is 0 Å². The van der Waals surface area contributed by atoms with Crippen LogP contribution in [0.5, 0.6) is 11.5 Å². The molecule has 0 bridgehead atoms. The molecule has 6 heteroatoms. The van der Waals surface area contributed by atoms with E-state index in [4.69, 9.17) is 15.2 Å². The average Bonchev–Trinajstić information content (AvgIpc) is 3.50. The van der Waals surface area contributed by atoms with E-state index in [1.54, 1.807) is 13.3 Å². The number of ether oxygens (including phenoxy) is 2. The third-order valence-corrected chi connectivity index (χ3v) is 4.81. The van der Waals surface area contributed by atoms with E-state index in [1.165, 1.54) is 30.2 Å². The number of thioether (sulfide) groups is 1. The Morgan fingerprint density at radius 1 is 1.19 bits per heavy atom. The first-order valence-electron chi connectivity index (χ1n) is 8.58. The molecule has 0 aliphatic heterocycles. The molecule has 0 unspecified atom stereocenters. The van der Waals surface area contributed by atoms with Crippen LogP contribution in [0.4, 0.5) is 0 Å². The first-order chi connectivity index (χ1) is 12.7. The summed E-state index contributed by atoms with van der Waals surface area (Å²) in [5.74, 6) is 2.92. The van der Waals surface area contributed by atoms with Gasteiger partial charge in [0.2, 0.25) is 0 Å². The van der Waals surface area contributed by atoms with E-state index in [1.807, 2.05) is 36.4 Å². The predicted molar refractivity (Wildman–Crippen MR) is 108 cm³/mol. The van der Waals surface area contributed by atoms with Crippen molar-refractivity contribution in [2.45, 2.75) is 18.6 Å². The molecule has 0 radical (unpaired) electrons. The Morgan fingerprint density at radius 3 is 2.73 bits per heavy atom. The molecular formula is C20H23N3O2S. The van der Waals surface area contributed by atoms with Gasteiger partial charge in [-0.1, -0.05) is 42.1 Å². The molecular weight excluding hydrogens is 346 g/mol. The third kappa shape index (κ3) is 5.81. The van der Waals surface area contributed by atoms with Gasteiger partial charge in [0.1, 0.15) is 0 Å². The lowest BCUT2D eigenvalue weighted by Gasteiger charge is -2.10. The van der Waals surface area contributed by atoms with Crippen molar-refractivity contribution < 1.29 is 9.47 Å². The summed E-state index contributed by atoms with van der Waals surface area (Å²) in [5.41, 5.74) is 7.99. The van der Waals surface area contributed by atoms with Crippen LogP contribution in [0.3, 0.4) is 0 Å². The van der Waals surface area contributed by atoms with Crippen LogP contribution < -0.4 is 15.2 Å². The third-order valence-electron chi connectivity index (χ3n) is 3.95. The van der Waals surface area contributed by atoms with Crippen molar-refractivity contribution >= 4 is 23.1 Å². The number of amidine groups is 1. The van der Waals surface area contributed by atoms with E-state index in [-0.39, 0.29) is 0 Å². The number of rotatable bonds is 8. The van der Waals surface area contributed by atoms with Gasteiger partial charge in [0.15, 0.2) is 16.7 Å². The first kappa shape index (κ1) is 18.3. The highest BCUT2D eigenvalue weighted by Gasteiger charge is 2.22. The Bertz CT molecular complexity index is 774. The Hall–Kier alpha value is -2.47. The number of hydrogen-bond donors (Lipinski definition) is 1. The second-order valence-electron chi connectivity index (χ2n) is 6.12. The number of nitrogens with zero attached hydrogens (tertiary/aromatic N) is 2. The van der Waals surface area contributed by atoms with Gasteiger partial charge in [-0.05, 0) is 48.1 Å². The molecule has 3 rings (SSSR count). The molecule has 2 aromatic carbocycles. The van der Waals surface area contributed by atoms with Crippen molar-refractivity contribution in [3.05, 3.63) is 59.7 Å². The summed E-state index contributed by atoms with van der Waals surface area (Å²) in [6.45, 7) is 0.734. The van der Waals surface area contributed by atoms with E-state index in [0.29, 0.717) is 11.1 Å². The molecule has 26 heavy (non-hydrogen) atoms. The minimum atomic E-state index is 0.434. The van der Waals surface area contributed by atoms with Crippen molar-refractivity contribution in [2.24, 2.45) is 21.9 Å². The quantitative estimate of drug-likeness (QED) is 0.433. The van der Waals surface area contributed by atoms with Gasteiger partial charge in [-0.15, -0.1) is 5.10 Å². The minimum Gasteiger partial charge on any atom is -0.493 e. The molecule has 0 heterocycles. The summed E-state index contributed by atoms with van der Waals surface area (Å²) < 4.78 is 11.2. The van der Waals surface area contributed by atoms with Gasteiger partial charge < -0.3 is 15.2 Å². The van der Waals surface area contributed by atoms with Gasteiger partial charge in [0, 0.05) is 5.75 Å². The maximum Gasteiger partial charge on any atom is 0.180 e. The monoisotopic (exact) mass is 369 g/mol. The van der Waals surface area contributed by atoms with Crippen LogP contribution in [0.1, 0.15) is 24.0 Å². The number of hydrogen-bond acceptors (Lipinski definition) is 5. The SMILES string of the molecule is COc1ccc(C=NN=C(N)SCc2ccccc2)cc1OCC1CC1. The van der Waals surface area contributed by atoms with E-state index in [0.717, 1.165) is 29.4 Å². The predicted octanol–water partition coefficient (Wildman–Crippen LogP) is 4.07. The molecule has 0 atom stereocenters. The molecule has 0 spiro atoms. The summed E-state index contributed by atoms with van der Waals surface area (Å²) >= 11 is 1.46. The van der Waals surface area contributed by atoms with Gasteiger partial charge in [-0.2, -0.15) is 5.10 Å². The zero-order valence-corrected chi connectivity index (χ0v) is 15.6. The summed E-state index contributed by atoms with van der Waals surface area (Å²) in [7, 11) is 1.64. The second-order valence-corrected chi connectivity index (χ2v) is 7.12. The number of benzene rings is 2. The molecule has 2 N–H and O–H groups in total. The Kier molecular flexibility index (Phi) is 6.55. The highest BCUT2D eigenvalue weighted by molar-refractivity contribution is 8.13. The number of methoxy groups -OCH3 is 1. The van der Waals surface area contributed by atoms with Gasteiger partial charge in [-0.3, -0.25) is 0 Å². The summed E-state index contributed by atoms with van der Waals surface area (Å²) in [6.07, 6.45) is 4.16. The standard InChI is InChI=1S/C20H23N3O2S/c1-24-18-10-9-17(11-19(18)25-13-15-7-8-15)12-22-23-20(21)26-14-16-5-3-2-4-6-16/h2-6,9-12,15H,7-8,13-14H2,1H3,(H2,21,23). The molecule has 1 aliphatic rings.